The van der Waals surface area contributed by atoms with Gasteiger partial charge in [-0.2, -0.15) is 25.6 Å². The van der Waals surface area contributed by atoms with E-state index in [9.17, 15) is 0 Å². The van der Waals surface area contributed by atoms with Crippen LogP contribution in [0.1, 0.15) is 32.0 Å². The first-order valence-electron chi connectivity index (χ1n) is 11.4. The zero-order chi connectivity index (χ0) is 25.2. The van der Waals surface area contributed by atoms with Crippen LogP contribution >= 0.6 is 0 Å². The van der Waals surface area contributed by atoms with Crippen LogP contribution in [-0.2, 0) is 25.5 Å². The van der Waals surface area contributed by atoms with E-state index in [4.69, 9.17) is 0 Å². The van der Waals surface area contributed by atoms with Crippen molar-refractivity contribution < 1.29 is 29.2 Å². The molecular weight excluding hydrogens is 623 g/mol. The summed E-state index contributed by atoms with van der Waals surface area (Å²) in [5, 5.41) is 5.55. The number of nitrogens with zero attached hydrogens (tertiary/aromatic N) is 5. The summed E-state index contributed by atoms with van der Waals surface area (Å²) in [4.78, 5) is 4.38. The third-order valence-electron chi connectivity index (χ3n) is 5.81. The molecule has 0 bridgehead atoms. The maximum absolute atomic E-state index is 4.46. The van der Waals surface area contributed by atoms with E-state index in [0.29, 0.717) is 0 Å². The van der Waals surface area contributed by atoms with E-state index in [0.717, 1.165) is 44.8 Å². The number of aromatic nitrogens is 5. The molecule has 3 heterocycles. The summed E-state index contributed by atoms with van der Waals surface area (Å²) in [5.41, 5.74) is 7.14. The van der Waals surface area contributed by atoms with Crippen LogP contribution in [-0.4, -0.2) is 14.8 Å². The second-order valence-electron chi connectivity index (χ2n) is 9.46. The van der Waals surface area contributed by atoms with Gasteiger partial charge in [0.15, 0.2) is 11.8 Å². The summed E-state index contributed by atoms with van der Waals surface area (Å²) in [5.74, 6) is 0. The van der Waals surface area contributed by atoms with Crippen molar-refractivity contribution >= 4 is 10.9 Å². The molecule has 0 fully saturated rings. The van der Waals surface area contributed by atoms with Crippen LogP contribution in [0.5, 0.6) is 0 Å². The van der Waals surface area contributed by atoms with Crippen LogP contribution in [0.4, 0.5) is 0 Å². The summed E-state index contributed by atoms with van der Waals surface area (Å²) in [6.45, 7) is 10.5. The molecule has 0 atom stereocenters. The van der Waals surface area contributed by atoms with Crippen LogP contribution in [0, 0.1) is 28.1 Å². The fraction of sp³-hybridized carbons (Fsp3) is 0.133. The molecule has 0 aliphatic carbocycles. The molecule has 5 aromatic rings. The zero-order valence-electron chi connectivity index (χ0n) is 21.0. The molecule has 2 aromatic carbocycles. The Hall–Kier alpha value is -3.73. The summed E-state index contributed by atoms with van der Waals surface area (Å²) in [7, 11) is 11.9. The molecular formula is C30H31IrN5-2. The summed E-state index contributed by atoms with van der Waals surface area (Å²) >= 11 is 0. The number of para-hydroxylation sites is 1. The molecule has 1 radical (unpaired) electrons. The molecule has 0 amide bonds. The third kappa shape index (κ3) is 5.56. The van der Waals surface area contributed by atoms with Crippen LogP contribution in [0.15, 0.2) is 85.3 Å². The van der Waals surface area contributed by atoms with Gasteiger partial charge >= 0.3 is 0 Å². The maximum Gasteiger partial charge on any atom is 0.184 e. The monoisotopic (exact) mass is 654 g/mol. The maximum atomic E-state index is 4.46. The fourth-order valence-electron chi connectivity index (χ4n) is 3.88. The van der Waals surface area contributed by atoms with Crippen molar-refractivity contribution in [3.63, 3.8) is 0 Å². The molecule has 187 valence electrons. The number of benzene rings is 2. The van der Waals surface area contributed by atoms with Crippen molar-refractivity contribution in [1.29, 1.82) is 0 Å². The van der Waals surface area contributed by atoms with E-state index in [2.05, 4.69) is 77.1 Å². The van der Waals surface area contributed by atoms with Gasteiger partial charge in [-0.15, -0.1) is 28.7 Å². The van der Waals surface area contributed by atoms with Crippen LogP contribution < -0.4 is 9.13 Å². The van der Waals surface area contributed by atoms with Gasteiger partial charge in [-0.05, 0) is 18.8 Å². The summed E-state index contributed by atoms with van der Waals surface area (Å²) in [6.07, 6.45) is 3.66. The normalized spacial score (nSPS) is 10.9. The van der Waals surface area contributed by atoms with Crippen molar-refractivity contribution in [2.75, 3.05) is 0 Å². The van der Waals surface area contributed by atoms with Crippen molar-refractivity contribution in [3.8, 4) is 22.6 Å². The van der Waals surface area contributed by atoms with Crippen molar-refractivity contribution in [2.24, 2.45) is 0 Å². The first-order chi connectivity index (χ1) is 16.7. The molecule has 0 aliphatic rings. The molecule has 0 saturated heterocycles. The SMILES string of the molecule is [CH2-]c1ccccc1-c1c2ccccc2nc[n+]1[CH2-].[CH2-]n1nc(C(C)(C)C)cc1-c1cccc[n+]1[CH2-].[Ir]. The second-order valence-corrected chi connectivity index (χ2v) is 9.46. The van der Waals surface area contributed by atoms with E-state index in [1.807, 2.05) is 65.4 Å². The van der Waals surface area contributed by atoms with Crippen LogP contribution in [0.25, 0.3) is 33.5 Å². The van der Waals surface area contributed by atoms with E-state index >= 15 is 0 Å². The minimum Gasteiger partial charge on any atom is -0.407 e. The first kappa shape index (κ1) is 26.9. The molecule has 6 heteroatoms. The zero-order valence-corrected chi connectivity index (χ0v) is 23.4. The Morgan fingerprint density at radius 3 is 2.19 bits per heavy atom. The van der Waals surface area contributed by atoms with Gasteiger partial charge in [0.2, 0.25) is 0 Å². The molecule has 0 unspecified atom stereocenters. The average molecular weight is 654 g/mol. The predicted octanol–water partition coefficient (Wildman–Crippen LogP) is 5.42. The molecule has 36 heavy (non-hydrogen) atoms. The minimum atomic E-state index is 0. The van der Waals surface area contributed by atoms with Crippen molar-refractivity contribution in [1.82, 2.24) is 14.8 Å². The molecule has 0 spiro atoms. The van der Waals surface area contributed by atoms with Gasteiger partial charge in [0.05, 0.1) is 6.20 Å². The summed E-state index contributed by atoms with van der Waals surface area (Å²) in [6, 6.07) is 24.2. The Morgan fingerprint density at radius 2 is 1.53 bits per heavy atom. The standard InChI is InChI=1S/C16H13N2.C14H18N3.Ir/c1-12-7-3-4-8-13(12)16-14-9-5-6-10-15(14)17-11-18(16)2;1-14(2,3)13-10-12(17(5)15-13)11-8-6-7-9-16(11)4;/h3-11H,1-2H2;6-10H,4-5H2,1-3H3;/q2*-1;. The molecule has 5 nitrogen and oxygen atoms in total. The van der Waals surface area contributed by atoms with E-state index in [-0.39, 0.29) is 25.5 Å². The topological polar surface area (TPSA) is 38.5 Å². The largest absolute Gasteiger partial charge is 0.407 e. The van der Waals surface area contributed by atoms with Crippen molar-refractivity contribution in [2.45, 2.75) is 26.2 Å². The Morgan fingerprint density at radius 1 is 0.861 bits per heavy atom. The number of pyridine rings is 1. The van der Waals surface area contributed by atoms with E-state index in [1.165, 1.54) is 0 Å². The van der Waals surface area contributed by atoms with Crippen molar-refractivity contribution in [3.05, 3.63) is 125 Å². The first-order valence-corrected chi connectivity index (χ1v) is 11.4. The van der Waals surface area contributed by atoms with Gasteiger partial charge in [-0.3, -0.25) is 0 Å². The Balaban J connectivity index is 0.000000196. The number of hydrogen-bond acceptors (Lipinski definition) is 2. The Labute approximate surface area is 227 Å². The van der Waals surface area contributed by atoms with Gasteiger partial charge in [-0.25, -0.2) is 5.10 Å². The Bertz CT molecular complexity index is 1480. The number of hydrogen-bond donors (Lipinski definition) is 0. The van der Waals surface area contributed by atoms with Gasteiger partial charge in [0.25, 0.3) is 0 Å². The number of rotatable bonds is 2. The molecule has 0 aliphatic heterocycles. The molecule has 0 saturated carbocycles. The Kier molecular flexibility index (Phi) is 8.13. The van der Waals surface area contributed by atoms with E-state index in [1.54, 1.807) is 15.6 Å². The van der Waals surface area contributed by atoms with E-state index < -0.39 is 0 Å². The van der Waals surface area contributed by atoms with Gasteiger partial charge in [0, 0.05) is 49.3 Å². The molecule has 5 rings (SSSR count). The minimum absolute atomic E-state index is 0. The molecule has 3 aromatic heterocycles. The average Bonchev–Trinajstić information content (AvgIpc) is 3.22. The fourth-order valence-corrected chi connectivity index (χ4v) is 3.88. The quantitative estimate of drug-likeness (QED) is 0.189. The predicted molar refractivity (Wildman–Crippen MR) is 141 cm³/mol. The van der Waals surface area contributed by atoms with Gasteiger partial charge in [-0.1, -0.05) is 68.9 Å². The second kappa shape index (κ2) is 10.9. The number of fused-ring (bicyclic) bond motifs is 1. The molecule has 0 N–H and O–H groups in total. The third-order valence-corrected chi connectivity index (χ3v) is 5.81. The van der Waals surface area contributed by atoms with Crippen LogP contribution in [0.2, 0.25) is 0 Å². The summed E-state index contributed by atoms with van der Waals surface area (Å²) < 4.78 is 5.29. The smallest absolute Gasteiger partial charge is 0.184 e. The van der Waals surface area contributed by atoms with Gasteiger partial charge < -0.3 is 13.8 Å². The van der Waals surface area contributed by atoms with Gasteiger partial charge in [0.1, 0.15) is 0 Å². The van der Waals surface area contributed by atoms with Crippen LogP contribution in [0.3, 0.4) is 0 Å².